The number of alkyl halides is 3. The quantitative estimate of drug-likeness (QED) is 0.656. The van der Waals surface area contributed by atoms with Gasteiger partial charge in [-0.15, -0.1) is 0 Å². The lowest BCUT2D eigenvalue weighted by molar-refractivity contribution is -0.247. The Morgan fingerprint density at radius 2 is 1.69 bits per heavy atom. The molecule has 3 aliphatic heterocycles. The molecule has 5 rings (SSSR count). The van der Waals surface area contributed by atoms with Crippen molar-refractivity contribution in [3.05, 3.63) is 59.7 Å². The van der Waals surface area contributed by atoms with Crippen molar-refractivity contribution in [3.8, 4) is 0 Å². The van der Waals surface area contributed by atoms with Crippen molar-refractivity contribution in [2.24, 2.45) is 0 Å². The number of hydrogen-bond acceptors (Lipinski definition) is 6. The second kappa shape index (κ2) is 8.73. The predicted molar refractivity (Wildman–Crippen MR) is 122 cm³/mol. The molecule has 4 atom stereocenters. The van der Waals surface area contributed by atoms with Gasteiger partial charge in [-0.25, -0.2) is 14.8 Å². The summed E-state index contributed by atoms with van der Waals surface area (Å²) < 4.78 is 56.6. The van der Waals surface area contributed by atoms with Gasteiger partial charge in [0, 0.05) is 30.5 Å². The van der Waals surface area contributed by atoms with Crippen LogP contribution in [0, 0.1) is 0 Å². The van der Waals surface area contributed by atoms with E-state index in [0.29, 0.717) is 12.2 Å². The average Bonchev–Trinajstić information content (AvgIpc) is 3.25. The highest BCUT2D eigenvalue weighted by Gasteiger charge is 2.61. The first kappa shape index (κ1) is 24.5. The van der Waals surface area contributed by atoms with Crippen LogP contribution in [0.1, 0.15) is 29.8 Å². The molecule has 0 spiro atoms. The van der Waals surface area contributed by atoms with Crippen molar-refractivity contribution in [1.29, 1.82) is 0 Å². The standard InChI is InChI=1S/C24H25F3N4O5/c1-23(2)35-18-17-12-30(3)31(21(34-17)19(18)36-23)22(33)29-15-9-7-13(8-10-15)20(32)28-16-6-4-5-14(11-16)24(25,26)27/h4-11,17-19,21H,12H2,1-3H3,(H,28,32)(H,29,33)/t17-,18-,19-,21-/m1/s1. The lowest BCUT2D eigenvalue weighted by atomic mass is 10.1. The Bertz CT molecular complexity index is 1170. The fraction of sp³-hybridized carbons (Fsp3) is 0.417. The molecule has 36 heavy (non-hydrogen) atoms. The largest absolute Gasteiger partial charge is 0.416 e. The number of likely N-dealkylation sites (N-methyl/N-ethyl adjacent to an activating group) is 1. The third kappa shape index (κ3) is 4.64. The van der Waals surface area contributed by atoms with Crippen molar-refractivity contribution in [2.75, 3.05) is 24.2 Å². The number of ether oxygens (including phenoxy) is 3. The molecule has 0 saturated carbocycles. The summed E-state index contributed by atoms with van der Waals surface area (Å²) in [7, 11) is 1.77. The molecule has 2 N–H and O–H groups in total. The molecule has 3 saturated heterocycles. The Hall–Kier alpha value is -3.19. The van der Waals surface area contributed by atoms with E-state index in [2.05, 4.69) is 10.6 Å². The van der Waals surface area contributed by atoms with Gasteiger partial charge in [0.15, 0.2) is 12.0 Å². The molecule has 9 nitrogen and oxygen atoms in total. The van der Waals surface area contributed by atoms with Gasteiger partial charge in [0.1, 0.15) is 18.3 Å². The zero-order valence-corrected chi connectivity index (χ0v) is 19.7. The first-order valence-electron chi connectivity index (χ1n) is 11.3. The summed E-state index contributed by atoms with van der Waals surface area (Å²) in [6, 6.07) is 9.92. The van der Waals surface area contributed by atoms with Crippen LogP contribution in [0.4, 0.5) is 29.3 Å². The Morgan fingerprint density at radius 1 is 1.00 bits per heavy atom. The topological polar surface area (TPSA) is 92.4 Å². The van der Waals surface area contributed by atoms with E-state index >= 15 is 0 Å². The van der Waals surface area contributed by atoms with E-state index in [9.17, 15) is 22.8 Å². The molecule has 3 heterocycles. The van der Waals surface area contributed by atoms with Crippen molar-refractivity contribution in [1.82, 2.24) is 10.0 Å². The smallest absolute Gasteiger partial charge is 0.346 e. The normalized spacial score (nSPS) is 27.0. The second-order valence-corrected chi connectivity index (χ2v) is 9.35. The molecule has 0 unspecified atom stereocenters. The first-order valence-corrected chi connectivity index (χ1v) is 11.3. The lowest BCUT2D eigenvalue weighted by Gasteiger charge is -2.42. The summed E-state index contributed by atoms with van der Waals surface area (Å²) in [4.78, 5) is 25.6. The molecular formula is C24H25F3N4O5. The molecule has 3 aliphatic rings. The lowest BCUT2D eigenvalue weighted by Crippen LogP contribution is -2.59. The highest BCUT2D eigenvalue weighted by atomic mass is 19.4. The van der Waals surface area contributed by atoms with Crippen LogP contribution in [0.15, 0.2) is 48.5 Å². The number of amides is 3. The monoisotopic (exact) mass is 506 g/mol. The number of carbonyl (C=O) groups excluding carboxylic acids is 2. The van der Waals surface area contributed by atoms with Gasteiger partial charge in [0.25, 0.3) is 5.91 Å². The molecule has 3 amide bonds. The first-order chi connectivity index (χ1) is 16.9. The number of carbonyl (C=O) groups is 2. The summed E-state index contributed by atoms with van der Waals surface area (Å²) >= 11 is 0. The number of halogens is 3. The van der Waals surface area contributed by atoms with Crippen molar-refractivity contribution < 1.29 is 37.0 Å². The van der Waals surface area contributed by atoms with Crippen LogP contribution in [0.5, 0.6) is 0 Å². The van der Waals surface area contributed by atoms with E-state index < -0.39 is 41.8 Å². The van der Waals surface area contributed by atoms with E-state index in [1.165, 1.54) is 41.4 Å². The van der Waals surface area contributed by atoms with Crippen molar-refractivity contribution in [2.45, 2.75) is 50.4 Å². The van der Waals surface area contributed by atoms with Gasteiger partial charge in [-0.1, -0.05) is 6.07 Å². The Morgan fingerprint density at radius 3 is 2.39 bits per heavy atom. The van der Waals surface area contributed by atoms with E-state index in [4.69, 9.17) is 14.2 Å². The summed E-state index contributed by atoms with van der Waals surface area (Å²) in [6.45, 7) is 4.08. The van der Waals surface area contributed by atoms with E-state index in [-0.39, 0.29) is 23.5 Å². The zero-order chi connectivity index (χ0) is 25.8. The number of anilines is 2. The summed E-state index contributed by atoms with van der Waals surface area (Å²) in [5.41, 5.74) is -0.202. The zero-order valence-electron chi connectivity index (χ0n) is 19.7. The Labute approximate surface area is 205 Å². The third-order valence-corrected chi connectivity index (χ3v) is 6.23. The van der Waals surface area contributed by atoms with E-state index in [0.717, 1.165) is 12.1 Å². The number of rotatable bonds is 3. The van der Waals surface area contributed by atoms with Crippen molar-refractivity contribution in [3.63, 3.8) is 0 Å². The molecular weight excluding hydrogens is 481 g/mol. The van der Waals surface area contributed by atoms with Crippen LogP contribution in [-0.2, 0) is 20.4 Å². The van der Waals surface area contributed by atoms with Gasteiger partial charge in [0.05, 0.1) is 5.56 Å². The molecule has 2 bridgehead atoms. The minimum atomic E-state index is -4.51. The fourth-order valence-corrected chi connectivity index (χ4v) is 4.68. The SMILES string of the molecule is CN1C[C@H]2O[C@H]([C@@H]3OC(C)(C)O[C@@H]32)N1C(=O)Nc1ccc(C(=O)Nc2cccc(C(F)(F)F)c2)cc1. The molecule has 2 aromatic rings. The Kier molecular flexibility index (Phi) is 5.94. The minimum absolute atomic E-state index is 0.0230. The van der Waals surface area contributed by atoms with Crippen LogP contribution in [0.2, 0.25) is 0 Å². The minimum Gasteiger partial charge on any atom is -0.346 e. The molecule has 3 fully saturated rings. The summed E-state index contributed by atoms with van der Waals surface area (Å²) in [5, 5.41) is 8.43. The maximum absolute atomic E-state index is 13.1. The second-order valence-electron chi connectivity index (χ2n) is 9.35. The van der Waals surface area contributed by atoms with Crippen molar-refractivity contribution >= 4 is 23.3 Å². The average molecular weight is 506 g/mol. The van der Waals surface area contributed by atoms with Crippen LogP contribution in [-0.4, -0.2) is 65.9 Å². The number of benzene rings is 2. The van der Waals surface area contributed by atoms with E-state index in [1.807, 2.05) is 13.8 Å². The summed E-state index contributed by atoms with van der Waals surface area (Å²) in [6.07, 6.45) is -6.09. The third-order valence-electron chi connectivity index (χ3n) is 6.23. The number of urea groups is 1. The maximum atomic E-state index is 13.1. The number of nitrogens with one attached hydrogen (secondary N) is 2. The van der Waals surface area contributed by atoms with Crippen LogP contribution in [0.3, 0.4) is 0 Å². The molecule has 0 radical (unpaired) electrons. The number of fused-ring (bicyclic) bond motifs is 5. The molecule has 0 aromatic heterocycles. The molecule has 2 aromatic carbocycles. The van der Waals surface area contributed by atoms with Gasteiger partial charge in [-0.05, 0) is 56.3 Å². The summed E-state index contributed by atoms with van der Waals surface area (Å²) in [5.74, 6) is -1.35. The van der Waals surface area contributed by atoms with Crippen LogP contribution < -0.4 is 10.6 Å². The van der Waals surface area contributed by atoms with Gasteiger partial charge in [0.2, 0.25) is 0 Å². The van der Waals surface area contributed by atoms with Gasteiger partial charge in [-0.2, -0.15) is 13.2 Å². The van der Waals surface area contributed by atoms with E-state index in [1.54, 1.807) is 12.1 Å². The van der Waals surface area contributed by atoms with Gasteiger partial charge in [-0.3, -0.25) is 4.79 Å². The number of hydrazine groups is 1. The van der Waals surface area contributed by atoms with Crippen LogP contribution >= 0.6 is 0 Å². The highest BCUT2D eigenvalue weighted by molar-refractivity contribution is 6.04. The molecule has 0 aliphatic carbocycles. The van der Waals surface area contributed by atoms with Gasteiger partial charge < -0.3 is 24.8 Å². The fourth-order valence-electron chi connectivity index (χ4n) is 4.68. The molecule has 12 heteroatoms. The predicted octanol–water partition coefficient (Wildman–Crippen LogP) is 3.90. The maximum Gasteiger partial charge on any atom is 0.416 e. The van der Waals surface area contributed by atoms with Gasteiger partial charge >= 0.3 is 12.2 Å². The Balaban J connectivity index is 1.24. The number of hydrogen-bond donors (Lipinski definition) is 2. The molecule has 192 valence electrons. The van der Waals surface area contributed by atoms with Crippen LogP contribution in [0.25, 0.3) is 0 Å². The highest BCUT2D eigenvalue weighted by Crippen LogP contribution is 2.42. The number of nitrogens with zero attached hydrogens (tertiary/aromatic N) is 2.